The standard InChI is InChI=1S/C23H24N2O2S/c26-14-17-4-1-2-6-18(17)19-7-3-5-16-12-21(28-22(16)19)23(27)24-20-13-25-10-8-15(20)9-11-25/h1-7,12,15,20,26H,8-11,13-14H2,(H,24,27)/t20-/m0/s1. The first-order valence-electron chi connectivity index (χ1n) is 9.98. The van der Waals surface area contributed by atoms with E-state index < -0.39 is 0 Å². The highest BCUT2D eigenvalue weighted by Crippen LogP contribution is 2.37. The summed E-state index contributed by atoms with van der Waals surface area (Å²) in [7, 11) is 0. The second-order valence-corrected chi connectivity index (χ2v) is 8.92. The summed E-state index contributed by atoms with van der Waals surface area (Å²) < 4.78 is 1.10. The van der Waals surface area contributed by atoms with Crippen molar-refractivity contribution in [3.8, 4) is 11.1 Å². The van der Waals surface area contributed by atoms with Crippen LogP contribution in [0.5, 0.6) is 0 Å². The molecule has 0 saturated carbocycles. The average molecular weight is 393 g/mol. The SMILES string of the molecule is O=C(N[C@H]1CN2CCC1CC2)c1cc2cccc(-c3ccccc3CO)c2s1. The summed E-state index contributed by atoms with van der Waals surface area (Å²) in [5.41, 5.74) is 3.01. The number of nitrogens with zero attached hydrogens (tertiary/aromatic N) is 1. The first-order valence-corrected chi connectivity index (χ1v) is 10.8. The lowest BCUT2D eigenvalue weighted by Crippen LogP contribution is -2.57. The molecule has 6 rings (SSSR count). The minimum atomic E-state index is 0.00481. The van der Waals surface area contributed by atoms with Gasteiger partial charge in [-0.3, -0.25) is 4.79 Å². The van der Waals surface area contributed by atoms with Crippen LogP contribution in [0, 0.1) is 5.92 Å². The first kappa shape index (κ1) is 17.9. The number of benzene rings is 2. The van der Waals surface area contributed by atoms with E-state index >= 15 is 0 Å². The molecule has 3 aliphatic rings. The zero-order valence-electron chi connectivity index (χ0n) is 15.7. The Morgan fingerprint density at radius 2 is 1.89 bits per heavy atom. The van der Waals surface area contributed by atoms with Gasteiger partial charge in [-0.2, -0.15) is 0 Å². The van der Waals surface area contributed by atoms with E-state index in [-0.39, 0.29) is 18.6 Å². The maximum atomic E-state index is 13.0. The quantitative estimate of drug-likeness (QED) is 0.708. The molecule has 3 aliphatic heterocycles. The number of rotatable bonds is 4. The number of fused-ring (bicyclic) bond motifs is 4. The molecule has 0 unspecified atom stereocenters. The number of hydrogen-bond donors (Lipinski definition) is 2. The maximum absolute atomic E-state index is 13.0. The molecule has 28 heavy (non-hydrogen) atoms. The fourth-order valence-corrected chi connectivity index (χ4v) is 5.77. The molecule has 1 atom stereocenters. The monoisotopic (exact) mass is 392 g/mol. The number of aliphatic hydroxyl groups excluding tert-OH is 1. The molecule has 144 valence electrons. The minimum absolute atomic E-state index is 0.00481. The Morgan fingerprint density at radius 1 is 1.11 bits per heavy atom. The zero-order chi connectivity index (χ0) is 19.1. The molecule has 0 spiro atoms. The highest BCUT2D eigenvalue weighted by molar-refractivity contribution is 7.21. The van der Waals surface area contributed by atoms with Crippen molar-refractivity contribution in [2.24, 2.45) is 5.92 Å². The van der Waals surface area contributed by atoms with E-state index in [2.05, 4.69) is 22.3 Å². The highest BCUT2D eigenvalue weighted by Gasteiger charge is 2.35. The highest BCUT2D eigenvalue weighted by atomic mass is 32.1. The van der Waals surface area contributed by atoms with E-state index in [4.69, 9.17) is 0 Å². The maximum Gasteiger partial charge on any atom is 0.261 e. The number of nitrogens with one attached hydrogen (secondary N) is 1. The van der Waals surface area contributed by atoms with Gasteiger partial charge in [0, 0.05) is 17.3 Å². The average Bonchev–Trinajstić information content (AvgIpc) is 3.19. The van der Waals surface area contributed by atoms with Crippen LogP contribution >= 0.6 is 11.3 Å². The molecule has 3 aromatic rings. The van der Waals surface area contributed by atoms with Crippen molar-refractivity contribution >= 4 is 27.3 Å². The molecule has 2 bridgehead atoms. The number of thiophene rings is 1. The molecule has 5 heteroatoms. The van der Waals surface area contributed by atoms with Gasteiger partial charge in [-0.05, 0) is 60.0 Å². The summed E-state index contributed by atoms with van der Waals surface area (Å²) >= 11 is 1.55. The zero-order valence-corrected chi connectivity index (χ0v) is 16.5. The largest absolute Gasteiger partial charge is 0.392 e. The Hall–Kier alpha value is -2.21. The van der Waals surface area contributed by atoms with Gasteiger partial charge in [0.2, 0.25) is 0 Å². The summed E-state index contributed by atoms with van der Waals surface area (Å²) in [6.45, 7) is 3.34. The van der Waals surface area contributed by atoms with Crippen molar-refractivity contribution < 1.29 is 9.90 Å². The van der Waals surface area contributed by atoms with Gasteiger partial charge in [-0.1, -0.05) is 42.5 Å². The van der Waals surface area contributed by atoms with E-state index in [1.165, 1.54) is 25.9 Å². The number of carbonyl (C=O) groups is 1. The van der Waals surface area contributed by atoms with E-state index in [9.17, 15) is 9.90 Å². The van der Waals surface area contributed by atoms with E-state index in [1.807, 2.05) is 36.4 Å². The molecule has 2 aromatic carbocycles. The van der Waals surface area contributed by atoms with Crippen LogP contribution < -0.4 is 5.32 Å². The van der Waals surface area contributed by atoms with Crippen LogP contribution in [0.3, 0.4) is 0 Å². The van der Waals surface area contributed by atoms with E-state index in [0.29, 0.717) is 5.92 Å². The van der Waals surface area contributed by atoms with Crippen molar-refractivity contribution in [1.82, 2.24) is 10.2 Å². The molecular formula is C23H24N2O2S. The lowest BCUT2D eigenvalue weighted by atomic mass is 9.84. The second kappa shape index (κ2) is 7.32. The molecule has 3 saturated heterocycles. The third kappa shape index (κ3) is 3.13. The summed E-state index contributed by atoms with van der Waals surface area (Å²) in [4.78, 5) is 16.2. The summed E-state index contributed by atoms with van der Waals surface area (Å²) in [6, 6.07) is 16.3. The van der Waals surface area contributed by atoms with Crippen molar-refractivity contribution in [2.75, 3.05) is 19.6 Å². The Kier molecular flexibility index (Phi) is 4.67. The predicted molar refractivity (Wildman–Crippen MR) is 114 cm³/mol. The number of aliphatic hydroxyl groups is 1. The third-order valence-electron chi connectivity index (χ3n) is 6.22. The van der Waals surface area contributed by atoms with Gasteiger partial charge in [-0.15, -0.1) is 11.3 Å². The molecule has 1 amide bonds. The van der Waals surface area contributed by atoms with Crippen molar-refractivity contribution in [3.63, 3.8) is 0 Å². The lowest BCUT2D eigenvalue weighted by Gasteiger charge is -2.44. The molecule has 0 aliphatic carbocycles. The molecule has 1 aromatic heterocycles. The van der Waals surface area contributed by atoms with Crippen molar-refractivity contribution in [3.05, 3.63) is 59.0 Å². The van der Waals surface area contributed by atoms with Crippen LogP contribution in [0.2, 0.25) is 0 Å². The molecule has 0 radical (unpaired) electrons. The van der Waals surface area contributed by atoms with E-state index in [0.717, 1.165) is 38.2 Å². The van der Waals surface area contributed by atoms with Crippen LogP contribution in [-0.2, 0) is 6.61 Å². The smallest absolute Gasteiger partial charge is 0.261 e. The topological polar surface area (TPSA) is 52.6 Å². The molecule has 2 N–H and O–H groups in total. The third-order valence-corrected chi connectivity index (χ3v) is 7.40. The van der Waals surface area contributed by atoms with Crippen molar-refractivity contribution in [1.29, 1.82) is 0 Å². The summed E-state index contributed by atoms with van der Waals surface area (Å²) in [5, 5.41) is 14.1. The second-order valence-electron chi connectivity index (χ2n) is 7.87. The number of amides is 1. The number of piperidine rings is 3. The Labute approximate surface area is 168 Å². The van der Waals surface area contributed by atoms with Gasteiger partial charge in [0.1, 0.15) is 0 Å². The van der Waals surface area contributed by atoms with Gasteiger partial charge in [0.25, 0.3) is 5.91 Å². The van der Waals surface area contributed by atoms with Gasteiger partial charge >= 0.3 is 0 Å². The van der Waals surface area contributed by atoms with Crippen LogP contribution in [0.4, 0.5) is 0 Å². The predicted octanol–water partition coefficient (Wildman–Crippen LogP) is 3.88. The number of hydrogen-bond acceptors (Lipinski definition) is 4. The van der Waals surface area contributed by atoms with Crippen LogP contribution in [0.1, 0.15) is 28.1 Å². The fourth-order valence-electron chi connectivity index (χ4n) is 4.68. The normalized spacial score (nSPS) is 23.8. The Balaban J connectivity index is 1.46. The van der Waals surface area contributed by atoms with Crippen LogP contribution in [0.15, 0.2) is 48.5 Å². The van der Waals surface area contributed by atoms with Crippen LogP contribution in [0.25, 0.3) is 21.2 Å². The van der Waals surface area contributed by atoms with Gasteiger partial charge in [0.15, 0.2) is 0 Å². The van der Waals surface area contributed by atoms with Crippen molar-refractivity contribution in [2.45, 2.75) is 25.5 Å². The Bertz CT molecular complexity index is 1020. The Morgan fingerprint density at radius 3 is 2.64 bits per heavy atom. The van der Waals surface area contributed by atoms with Crippen LogP contribution in [-0.4, -0.2) is 41.6 Å². The van der Waals surface area contributed by atoms with Gasteiger partial charge in [-0.25, -0.2) is 0 Å². The molecule has 3 fully saturated rings. The minimum Gasteiger partial charge on any atom is -0.392 e. The summed E-state index contributed by atoms with van der Waals surface area (Å²) in [5.74, 6) is 0.664. The van der Waals surface area contributed by atoms with Gasteiger partial charge < -0.3 is 15.3 Å². The molecule has 4 heterocycles. The first-order chi connectivity index (χ1) is 13.7. The molecular weight excluding hydrogens is 368 g/mol. The fraction of sp³-hybridized carbons (Fsp3) is 0.348. The van der Waals surface area contributed by atoms with Gasteiger partial charge in [0.05, 0.1) is 11.5 Å². The summed E-state index contributed by atoms with van der Waals surface area (Å²) in [6.07, 6.45) is 2.39. The number of carbonyl (C=O) groups excluding carboxylic acids is 1. The lowest BCUT2D eigenvalue weighted by molar-refractivity contribution is 0.0622. The molecule has 4 nitrogen and oxygen atoms in total. The van der Waals surface area contributed by atoms with E-state index in [1.54, 1.807) is 11.3 Å².